The highest BCUT2D eigenvalue weighted by atomic mass is 16.8. The zero-order valence-corrected chi connectivity index (χ0v) is 48.3. The van der Waals surface area contributed by atoms with Crippen molar-refractivity contribution in [1.29, 1.82) is 0 Å². The minimum Gasteiger partial charge on any atom is -0.508 e. The van der Waals surface area contributed by atoms with Gasteiger partial charge in [-0.15, -0.1) is 0 Å². The zero-order chi connectivity index (χ0) is 61.6. The number of phenolic OH excluding ortho intramolecular Hbond substituents is 2. The van der Waals surface area contributed by atoms with Crippen molar-refractivity contribution >= 4 is 28.5 Å². The van der Waals surface area contributed by atoms with Crippen molar-refractivity contribution in [3.05, 3.63) is 128 Å². The molecule has 456 valence electrons. The Bertz CT molecular complexity index is 3000. The van der Waals surface area contributed by atoms with Gasteiger partial charge in [0.15, 0.2) is 34.8 Å². The fourth-order valence-electron chi connectivity index (χ4n) is 9.18. The molecule has 0 aliphatic carbocycles. The lowest BCUT2D eigenvalue weighted by Crippen LogP contribution is -2.60. The number of aliphatic hydroxyl groups excluding tert-OH is 8. The molecule has 12 unspecified atom stereocenters. The van der Waals surface area contributed by atoms with Crippen LogP contribution in [0.4, 0.5) is 0 Å². The second kappa shape index (κ2) is 30.8. The third-order valence-corrected chi connectivity index (χ3v) is 14.7. The lowest BCUT2D eigenvalue weighted by atomic mass is 9.84. The largest absolute Gasteiger partial charge is 0.508 e. The fourth-order valence-corrected chi connectivity index (χ4v) is 9.18. The van der Waals surface area contributed by atoms with Crippen molar-refractivity contribution in [2.75, 3.05) is 19.8 Å². The first-order valence-electron chi connectivity index (χ1n) is 27.5. The maximum atomic E-state index is 12.2. The van der Waals surface area contributed by atoms with Crippen molar-refractivity contribution in [2.45, 2.75) is 163 Å². The first kappa shape index (κ1) is 67.3. The summed E-state index contributed by atoms with van der Waals surface area (Å²) in [6.07, 6.45) is -7.21. The maximum absolute atomic E-state index is 12.2. The number of Topliss-reactive ketones (excluding diaryl/α,β-unsaturated/α-hetero) is 2. The topological polar surface area (TPSA) is 348 Å². The molecule has 3 aromatic carbocycles. The van der Waals surface area contributed by atoms with E-state index in [0.29, 0.717) is 40.2 Å². The van der Waals surface area contributed by atoms with Crippen LogP contribution in [0.3, 0.4) is 0 Å². The van der Waals surface area contributed by atoms with E-state index in [1.165, 1.54) is 49.6 Å². The molecule has 0 saturated carbocycles. The Kier molecular flexibility index (Phi) is 25.0. The number of ether oxygens (including phenoxy) is 7. The first-order valence-corrected chi connectivity index (χ1v) is 27.5. The smallest absolute Gasteiger partial charge is 0.306 e. The van der Waals surface area contributed by atoms with E-state index in [1.807, 2.05) is 51.1 Å². The SMILES string of the molecule is C/C=C1/[C@H](OC2OC(CO)C(O)C(O)C2O)OC=C(C(C)=O)[C@H]1CC(=O)OCCC.C/C=C1\Oc2c(ccc(OC3OC(CO)C(O)C(O)C3O)c2O)C1=O.CCC(C)C(C)Cc1ccc(C)c(O)c1.Cc1ccc2c(=O)c(C)coc2c1. The van der Waals surface area contributed by atoms with Crippen molar-refractivity contribution in [3.63, 3.8) is 0 Å². The number of carbonyl (C=O) groups is 3. The first-order chi connectivity index (χ1) is 39.3. The zero-order valence-electron chi connectivity index (χ0n) is 48.3. The molecule has 4 aliphatic heterocycles. The van der Waals surface area contributed by atoms with Crippen LogP contribution in [0.15, 0.2) is 99.3 Å². The van der Waals surface area contributed by atoms with Gasteiger partial charge >= 0.3 is 5.97 Å². The van der Waals surface area contributed by atoms with E-state index in [-0.39, 0.29) is 58.4 Å². The third-order valence-electron chi connectivity index (χ3n) is 14.7. The van der Waals surface area contributed by atoms with Crippen LogP contribution in [-0.2, 0) is 39.7 Å². The van der Waals surface area contributed by atoms with Crippen molar-refractivity contribution in [1.82, 2.24) is 0 Å². The Labute approximate surface area is 481 Å². The van der Waals surface area contributed by atoms with Crippen molar-refractivity contribution in [2.24, 2.45) is 17.8 Å². The highest BCUT2D eigenvalue weighted by molar-refractivity contribution is 6.13. The van der Waals surface area contributed by atoms with Gasteiger partial charge in [-0.2, -0.15) is 0 Å². The molecule has 0 amide bonds. The maximum Gasteiger partial charge on any atom is 0.306 e. The molecular weight excluding hydrogens is 1080 g/mol. The molecule has 14 atom stereocenters. The highest BCUT2D eigenvalue weighted by Gasteiger charge is 2.48. The van der Waals surface area contributed by atoms with Crippen LogP contribution >= 0.6 is 0 Å². The standard InChI is InChI=1S/C20H30O10.C16H18O9.C14H22O.C11H10O2/c1-4-6-27-15(23)7-12-11(5-2)19(28-9-13(12)10(3)22)30-20-18(26)17(25)16(24)14(8-21)29-20;1-2-7-10(18)6-3-4-8(12(20)15(6)23-7)24-16-14(22)13(21)11(19)9(5-17)25-16;1-5-10(2)12(4)8-13-7-6-11(3)14(15)9-13;1-7-3-4-9-10(5-7)13-6-8(2)11(9)12/h5,9,12,14,16-21,24-26H,4,6-8H2,1-3H3;2-4,9,11,13-14,16-17,19-22H,5H2,1H3;6-7,9-10,12,15H,5,8H2,1-4H3;3-6H,1-2H3/b11-5+;7-2-;;/t12-,14?,16?,17?,18?,19-,20?;;;/m0.../s1. The number of hydrogen-bond donors (Lipinski definition) is 10. The molecule has 5 heterocycles. The second-order valence-corrected chi connectivity index (χ2v) is 20.8. The normalized spacial score (nSPS) is 27.2. The molecule has 0 bridgehead atoms. The Morgan fingerprint density at radius 2 is 1.40 bits per heavy atom. The summed E-state index contributed by atoms with van der Waals surface area (Å²) >= 11 is 0. The van der Waals surface area contributed by atoms with Gasteiger partial charge in [-0.1, -0.05) is 58.4 Å². The van der Waals surface area contributed by atoms with Gasteiger partial charge in [0.05, 0.1) is 49.7 Å². The Hall–Kier alpha value is -6.54. The molecule has 1 aromatic heterocycles. The molecule has 8 rings (SSSR count). The van der Waals surface area contributed by atoms with E-state index in [1.54, 1.807) is 26.8 Å². The van der Waals surface area contributed by atoms with Gasteiger partial charge in [0.2, 0.25) is 24.1 Å². The highest BCUT2D eigenvalue weighted by Crippen LogP contribution is 2.45. The molecule has 4 aromatic rings. The summed E-state index contributed by atoms with van der Waals surface area (Å²) in [6.45, 7) is 18.0. The Balaban J connectivity index is 0.000000213. The lowest BCUT2D eigenvalue weighted by Gasteiger charge is -2.42. The van der Waals surface area contributed by atoms with Gasteiger partial charge in [0, 0.05) is 22.6 Å². The van der Waals surface area contributed by atoms with Gasteiger partial charge in [0.25, 0.3) is 0 Å². The number of aryl methyl sites for hydroxylation is 3. The van der Waals surface area contributed by atoms with E-state index in [4.69, 9.17) is 42.7 Å². The number of phenols is 2. The molecule has 0 radical (unpaired) electrons. The number of ketones is 2. The number of rotatable bonds is 15. The summed E-state index contributed by atoms with van der Waals surface area (Å²) in [4.78, 5) is 47.8. The molecule has 2 fully saturated rings. The van der Waals surface area contributed by atoms with Crippen LogP contribution in [0.2, 0.25) is 0 Å². The quantitative estimate of drug-likeness (QED) is 0.0429. The van der Waals surface area contributed by atoms with Gasteiger partial charge < -0.3 is 88.6 Å². The minimum atomic E-state index is -1.63. The number of carbonyl (C=O) groups excluding carboxylic acids is 3. The number of aliphatic hydroxyl groups is 8. The molecule has 0 spiro atoms. The van der Waals surface area contributed by atoms with Crippen LogP contribution in [0.1, 0.15) is 100 Å². The number of allylic oxidation sites excluding steroid dienone is 4. The van der Waals surface area contributed by atoms with Crippen molar-refractivity contribution in [3.8, 4) is 23.0 Å². The van der Waals surface area contributed by atoms with E-state index in [0.717, 1.165) is 23.5 Å². The van der Waals surface area contributed by atoms with E-state index < -0.39 is 98.6 Å². The summed E-state index contributed by atoms with van der Waals surface area (Å²) in [5, 5.41) is 98.5. The fraction of sp³-hybridized carbons (Fsp3) is 0.508. The Morgan fingerprint density at radius 3 is 1.98 bits per heavy atom. The van der Waals surface area contributed by atoms with E-state index in [9.17, 15) is 65.1 Å². The molecular formula is C61H80O22. The molecule has 22 nitrogen and oxygen atoms in total. The monoisotopic (exact) mass is 1160 g/mol. The second-order valence-electron chi connectivity index (χ2n) is 20.8. The van der Waals surface area contributed by atoms with Crippen molar-refractivity contribution < 1.29 is 103 Å². The summed E-state index contributed by atoms with van der Waals surface area (Å²) in [5.41, 5.74) is 5.53. The van der Waals surface area contributed by atoms with Crippen LogP contribution < -0.4 is 14.9 Å². The van der Waals surface area contributed by atoms with Gasteiger partial charge in [-0.05, 0) is 119 Å². The summed E-state index contributed by atoms with van der Waals surface area (Å²) in [6, 6.07) is 14.3. The number of hydrogen-bond acceptors (Lipinski definition) is 22. The van der Waals surface area contributed by atoms with E-state index in [2.05, 4.69) is 26.8 Å². The third kappa shape index (κ3) is 16.6. The van der Waals surface area contributed by atoms with Crippen LogP contribution in [-0.4, -0.2) is 156 Å². The molecule has 4 aliphatic rings. The van der Waals surface area contributed by atoms with Gasteiger partial charge in [-0.25, -0.2) is 0 Å². The average Bonchev–Trinajstić information content (AvgIpc) is 4.08. The summed E-state index contributed by atoms with van der Waals surface area (Å²) < 4.78 is 42.8. The van der Waals surface area contributed by atoms with Crippen LogP contribution in [0.25, 0.3) is 11.0 Å². The van der Waals surface area contributed by atoms with Gasteiger partial charge in [0.1, 0.15) is 60.2 Å². The predicted octanol–water partition coefficient (Wildman–Crippen LogP) is 4.92. The predicted molar refractivity (Wildman–Crippen MR) is 300 cm³/mol. The van der Waals surface area contributed by atoms with E-state index >= 15 is 0 Å². The molecule has 83 heavy (non-hydrogen) atoms. The number of fused-ring (bicyclic) bond motifs is 2. The van der Waals surface area contributed by atoms with Gasteiger partial charge in [-0.3, -0.25) is 19.2 Å². The Morgan fingerprint density at radius 1 is 0.759 bits per heavy atom. The van der Waals surface area contributed by atoms with Crippen LogP contribution in [0, 0.1) is 38.5 Å². The molecule has 22 heteroatoms. The number of esters is 1. The minimum absolute atomic E-state index is 0.0567. The average molecular weight is 1170 g/mol. The number of benzene rings is 3. The summed E-state index contributed by atoms with van der Waals surface area (Å²) in [7, 11) is 0. The summed E-state index contributed by atoms with van der Waals surface area (Å²) in [5.74, 6) is -0.624. The molecule has 2 saturated heterocycles. The molecule has 10 N–H and O–H groups in total. The lowest BCUT2D eigenvalue weighted by molar-refractivity contribution is -0.327. The van der Waals surface area contributed by atoms with Crippen LogP contribution in [0.5, 0.6) is 23.0 Å². The number of aromatic hydroxyl groups is 2.